The Balaban J connectivity index is 2.61. The largest absolute Gasteiger partial charge is 0.311 e. The van der Waals surface area contributed by atoms with E-state index in [-0.39, 0.29) is 18.0 Å². The second kappa shape index (κ2) is 11.0. The lowest BCUT2D eigenvalue weighted by atomic mass is 9.82. The van der Waals surface area contributed by atoms with E-state index >= 15 is 4.39 Å². The first-order valence-corrected chi connectivity index (χ1v) is 9.75. The lowest BCUT2D eigenvalue weighted by molar-refractivity contribution is 0.142. The van der Waals surface area contributed by atoms with Gasteiger partial charge in [0, 0.05) is 18.5 Å². The fourth-order valence-corrected chi connectivity index (χ4v) is 3.93. The molecule has 0 aromatic heterocycles. The molecule has 0 aliphatic heterocycles. The summed E-state index contributed by atoms with van der Waals surface area (Å²) in [7, 11) is 1.80. The van der Waals surface area contributed by atoms with Crippen LogP contribution >= 0.6 is 0 Å². The van der Waals surface area contributed by atoms with Gasteiger partial charge < -0.3 is 10.6 Å². The number of likely N-dealkylation sites (N-methyl/N-ethyl adjacent to an activating group) is 1. The highest BCUT2D eigenvalue weighted by Crippen LogP contribution is 2.29. The van der Waals surface area contributed by atoms with Crippen molar-refractivity contribution in [3.05, 3.63) is 24.8 Å². The molecule has 1 rings (SSSR count). The fourth-order valence-electron chi connectivity index (χ4n) is 3.93. The Morgan fingerprint density at radius 3 is 2.33 bits per heavy atom. The van der Waals surface area contributed by atoms with Crippen LogP contribution in [-0.4, -0.2) is 31.8 Å². The van der Waals surface area contributed by atoms with E-state index in [2.05, 4.69) is 44.6 Å². The van der Waals surface area contributed by atoms with Gasteiger partial charge in [-0.3, -0.25) is 0 Å². The summed E-state index contributed by atoms with van der Waals surface area (Å²) in [6, 6.07) is -0.168. The molecule has 0 aromatic carbocycles. The molecule has 24 heavy (non-hydrogen) atoms. The van der Waals surface area contributed by atoms with E-state index in [4.69, 9.17) is 0 Å². The maximum absolute atomic E-state index is 15.0. The van der Waals surface area contributed by atoms with Crippen LogP contribution in [0, 0.1) is 17.8 Å². The smallest absolute Gasteiger partial charge is 0.123 e. The monoisotopic (exact) mass is 338 g/mol. The highest BCUT2D eigenvalue weighted by Gasteiger charge is 2.32. The van der Waals surface area contributed by atoms with Crippen LogP contribution < -0.4 is 10.6 Å². The zero-order valence-electron chi connectivity index (χ0n) is 16.3. The molecule has 0 amide bonds. The SMILES string of the molecule is C=CC(NC)C(F)C(CC(C)C)C(C)NCC(=C)C1CCCCC1. The summed E-state index contributed by atoms with van der Waals surface area (Å²) in [6.07, 6.45) is 8.18. The summed E-state index contributed by atoms with van der Waals surface area (Å²) in [5.74, 6) is 1.10. The standard InChI is InChI=1S/C21H39FN2/c1-7-20(23-6)21(22)19(13-15(2)3)17(5)24-14-16(4)18-11-9-8-10-12-18/h7,15,17-21,23-24H,1,4,8-14H2,2-3,5-6H3. The zero-order chi connectivity index (χ0) is 18.1. The van der Waals surface area contributed by atoms with Crippen molar-refractivity contribution < 1.29 is 4.39 Å². The van der Waals surface area contributed by atoms with Crippen molar-refractivity contribution in [3.8, 4) is 0 Å². The molecule has 4 unspecified atom stereocenters. The van der Waals surface area contributed by atoms with Crippen LogP contribution in [0.2, 0.25) is 0 Å². The predicted molar refractivity (Wildman–Crippen MR) is 104 cm³/mol. The van der Waals surface area contributed by atoms with Gasteiger partial charge in [0.2, 0.25) is 0 Å². The van der Waals surface area contributed by atoms with Crippen LogP contribution in [0.3, 0.4) is 0 Å². The molecule has 0 spiro atoms. The van der Waals surface area contributed by atoms with Gasteiger partial charge in [-0.15, -0.1) is 6.58 Å². The van der Waals surface area contributed by atoms with Crippen molar-refractivity contribution in [2.45, 2.75) is 77.6 Å². The van der Waals surface area contributed by atoms with Crippen molar-refractivity contribution >= 4 is 0 Å². The quantitative estimate of drug-likeness (QED) is 0.525. The van der Waals surface area contributed by atoms with Gasteiger partial charge in [0.25, 0.3) is 0 Å². The first-order valence-electron chi connectivity index (χ1n) is 9.75. The van der Waals surface area contributed by atoms with Gasteiger partial charge in [-0.25, -0.2) is 4.39 Å². The maximum Gasteiger partial charge on any atom is 0.123 e. The highest BCUT2D eigenvalue weighted by atomic mass is 19.1. The maximum atomic E-state index is 15.0. The second-order valence-electron chi connectivity index (χ2n) is 7.95. The van der Waals surface area contributed by atoms with E-state index in [1.165, 1.54) is 37.7 Å². The third-order valence-electron chi connectivity index (χ3n) is 5.56. The second-order valence-corrected chi connectivity index (χ2v) is 7.95. The molecule has 2 N–H and O–H groups in total. The molecule has 1 saturated carbocycles. The van der Waals surface area contributed by atoms with Gasteiger partial charge >= 0.3 is 0 Å². The average Bonchev–Trinajstić information content (AvgIpc) is 2.58. The summed E-state index contributed by atoms with van der Waals surface area (Å²) in [5, 5.41) is 6.61. The first kappa shape index (κ1) is 21.4. The Hall–Kier alpha value is -0.670. The van der Waals surface area contributed by atoms with Crippen molar-refractivity contribution in [3.63, 3.8) is 0 Å². The molecule has 0 heterocycles. The summed E-state index contributed by atoms with van der Waals surface area (Å²) in [4.78, 5) is 0. The van der Waals surface area contributed by atoms with Crippen LogP contribution in [0.4, 0.5) is 4.39 Å². The normalized spacial score (nSPS) is 21.2. The molecule has 0 saturated heterocycles. The minimum Gasteiger partial charge on any atom is -0.311 e. The molecular formula is C21H39FN2. The zero-order valence-corrected chi connectivity index (χ0v) is 16.3. The lowest BCUT2D eigenvalue weighted by Crippen LogP contribution is -2.47. The summed E-state index contributed by atoms with van der Waals surface area (Å²) in [6.45, 7) is 15.3. The molecular weight excluding hydrogens is 299 g/mol. The number of halogens is 1. The summed E-state index contributed by atoms with van der Waals surface area (Å²) in [5.41, 5.74) is 1.30. The molecule has 0 radical (unpaired) electrons. The van der Waals surface area contributed by atoms with E-state index in [0.717, 1.165) is 13.0 Å². The van der Waals surface area contributed by atoms with Crippen LogP contribution in [0.5, 0.6) is 0 Å². The molecule has 0 aromatic rings. The van der Waals surface area contributed by atoms with Crippen LogP contribution in [0.15, 0.2) is 24.8 Å². The van der Waals surface area contributed by atoms with Crippen LogP contribution in [0.25, 0.3) is 0 Å². The Kier molecular flexibility index (Phi) is 9.84. The number of hydrogen-bond acceptors (Lipinski definition) is 2. The van der Waals surface area contributed by atoms with Gasteiger partial charge in [0.05, 0.1) is 6.04 Å². The molecule has 0 bridgehead atoms. The number of rotatable bonds is 11. The van der Waals surface area contributed by atoms with Crippen molar-refractivity contribution in [2.75, 3.05) is 13.6 Å². The minimum absolute atomic E-state index is 0.0281. The topological polar surface area (TPSA) is 24.1 Å². The van der Waals surface area contributed by atoms with Crippen molar-refractivity contribution in [1.82, 2.24) is 10.6 Å². The fraction of sp³-hybridized carbons (Fsp3) is 0.810. The van der Waals surface area contributed by atoms with E-state index in [1.807, 2.05) is 0 Å². The Labute approximate surface area is 149 Å². The number of hydrogen-bond donors (Lipinski definition) is 2. The molecule has 2 nitrogen and oxygen atoms in total. The summed E-state index contributed by atoms with van der Waals surface area (Å²) >= 11 is 0. The third kappa shape index (κ3) is 6.68. The molecule has 140 valence electrons. The van der Waals surface area contributed by atoms with E-state index < -0.39 is 6.17 Å². The molecule has 4 atom stereocenters. The molecule has 1 aliphatic rings. The van der Waals surface area contributed by atoms with Gasteiger partial charge in [-0.05, 0) is 45.1 Å². The average molecular weight is 339 g/mol. The number of alkyl halides is 1. The minimum atomic E-state index is -0.930. The van der Waals surface area contributed by atoms with E-state index in [9.17, 15) is 0 Å². The third-order valence-corrected chi connectivity index (χ3v) is 5.56. The lowest BCUT2D eigenvalue weighted by Gasteiger charge is -2.33. The first-order chi connectivity index (χ1) is 11.4. The van der Waals surface area contributed by atoms with Gasteiger partial charge in [0.15, 0.2) is 0 Å². The number of nitrogens with one attached hydrogen (secondary N) is 2. The Morgan fingerprint density at radius 2 is 1.83 bits per heavy atom. The van der Waals surface area contributed by atoms with Crippen LogP contribution in [-0.2, 0) is 0 Å². The van der Waals surface area contributed by atoms with Crippen LogP contribution in [0.1, 0.15) is 59.3 Å². The molecule has 1 aliphatic carbocycles. The molecule has 3 heteroatoms. The van der Waals surface area contributed by atoms with E-state index in [1.54, 1.807) is 13.1 Å². The predicted octanol–water partition coefficient (Wildman–Crippen LogP) is 4.88. The van der Waals surface area contributed by atoms with Crippen molar-refractivity contribution in [1.29, 1.82) is 0 Å². The van der Waals surface area contributed by atoms with Crippen molar-refractivity contribution in [2.24, 2.45) is 17.8 Å². The van der Waals surface area contributed by atoms with Gasteiger partial charge in [-0.1, -0.05) is 51.3 Å². The van der Waals surface area contributed by atoms with Gasteiger partial charge in [-0.2, -0.15) is 0 Å². The Bertz CT molecular complexity index is 374. The van der Waals surface area contributed by atoms with E-state index in [0.29, 0.717) is 11.8 Å². The van der Waals surface area contributed by atoms with Gasteiger partial charge in [0.1, 0.15) is 6.17 Å². The molecule has 1 fully saturated rings. The Morgan fingerprint density at radius 1 is 1.21 bits per heavy atom. The summed E-state index contributed by atoms with van der Waals surface area (Å²) < 4.78 is 15.0. The highest BCUT2D eigenvalue weighted by molar-refractivity contribution is 5.05.